The summed E-state index contributed by atoms with van der Waals surface area (Å²) in [5.41, 5.74) is 4.61. The van der Waals surface area contributed by atoms with Crippen molar-refractivity contribution < 1.29 is 13.2 Å². The van der Waals surface area contributed by atoms with Crippen molar-refractivity contribution in [2.45, 2.75) is 43.8 Å². The molecule has 2 aromatic rings. The predicted octanol–water partition coefficient (Wildman–Crippen LogP) is 3.14. The van der Waals surface area contributed by atoms with E-state index < -0.39 is 15.3 Å². The molecule has 0 spiro atoms. The van der Waals surface area contributed by atoms with Crippen LogP contribution in [0.5, 0.6) is 0 Å². The molecule has 0 saturated carbocycles. The van der Waals surface area contributed by atoms with Crippen molar-refractivity contribution in [3.05, 3.63) is 64.7 Å². The lowest BCUT2D eigenvalue weighted by Gasteiger charge is -2.34. The highest BCUT2D eigenvalue weighted by molar-refractivity contribution is 7.89. The molecule has 174 valence electrons. The summed E-state index contributed by atoms with van der Waals surface area (Å²) < 4.78 is 23.3. The van der Waals surface area contributed by atoms with E-state index in [1.807, 2.05) is 54.3 Å². The number of carbonyl (C=O) groups is 1. The van der Waals surface area contributed by atoms with Gasteiger partial charge in [-0.05, 0) is 73.9 Å². The van der Waals surface area contributed by atoms with E-state index in [0.717, 1.165) is 24.1 Å². The fourth-order valence-electron chi connectivity index (χ4n) is 4.94. The van der Waals surface area contributed by atoms with Crippen LogP contribution in [0.3, 0.4) is 0 Å². The van der Waals surface area contributed by atoms with Gasteiger partial charge in [-0.1, -0.05) is 18.2 Å². The molecule has 4 rings (SSSR count). The van der Waals surface area contributed by atoms with E-state index in [9.17, 15) is 13.2 Å². The van der Waals surface area contributed by atoms with Crippen LogP contribution in [0.25, 0.3) is 0 Å². The molecule has 2 heterocycles. The average Bonchev–Trinajstić information content (AvgIpc) is 2.84. The number of hydrogen-bond acceptors (Lipinski definition) is 5. The number of nitrogens with zero attached hydrogens (tertiary/aromatic N) is 3. The molecule has 0 unspecified atom stereocenters. The van der Waals surface area contributed by atoms with E-state index in [2.05, 4.69) is 11.0 Å². The van der Waals surface area contributed by atoms with Gasteiger partial charge in [-0.2, -0.15) is 5.26 Å². The fraction of sp³-hybridized carbons (Fsp3) is 0.440. The van der Waals surface area contributed by atoms with Gasteiger partial charge in [-0.15, -0.1) is 0 Å². The Labute approximate surface area is 195 Å². The lowest BCUT2D eigenvalue weighted by atomic mass is 9.89. The monoisotopic (exact) mass is 466 g/mol. The standard InChI is InChI=1S/C25H30N4O3S/c1-18-2-5-22(16-24(18)28-14-10-23(11-15-28)33(27,31)32)25(30)29-12-8-21(9-13-29)20-6-3-19(17-26)4-7-20/h2-7,16,21,23H,8-15H2,1H3,(H2,27,31,32). The van der Waals surface area contributed by atoms with Crippen LogP contribution >= 0.6 is 0 Å². The van der Waals surface area contributed by atoms with Crippen molar-refractivity contribution >= 4 is 21.6 Å². The quantitative estimate of drug-likeness (QED) is 0.745. The molecule has 2 aliphatic heterocycles. The van der Waals surface area contributed by atoms with E-state index in [0.29, 0.717) is 56.1 Å². The molecule has 0 aromatic heterocycles. The molecule has 0 aliphatic carbocycles. The molecule has 2 aliphatic rings. The number of rotatable bonds is 4. The maximum Gasteiger partial charge on any atom is 0.253 e. The number of sulfonamides is 1. The van der Waals surface area contributed by atoms with E-state index >= 15 is 0 Å². The third-order valence-electron chi connectivity index (χ3n) is 7.00. The van der Waals surface area contributed by atoms with Gasteiger partial charge in [0, 0.05) is 37.4 Å². The highest BCUT2D eigenvalue weighted by Gasteiger charge is 2.29. The molecular formula is C25H30N4O3S. The first-order valence-electron chi connectivity index (χ1n) is 11.4. The van der Waals surface area contributed by atoms with Crippen molar-refractivity contribution in [2.75, 3.05) is 31.1 Å². The topological polar surface area (TPSA) is 108 Å². The molecule has 2 saturated heterocycles. The number of benzene rings is 2. The van der Waals surface area contributed by atoms with Crippen molar-refractivity contribution in [1.29, 1.82) is 5.26 Å². The average molecular weight is 467 g/mol. The molecule has 8 heteroatoms. The summed E-state index contributed by atoms with van der Waals surface area (Å²) >= 11 is 0. The van der Waals surface area contributed by atoms with E-state index in [1.54, 1.807) is 0 Å². The molecule has 0 radical (unpaired) electrons. The summed E-state index contributed by atoms with van der Waals surface area (Å²) in [5.74, 6) is 0.435. The van der Waals surface area contributed by atoms with Crippen LogP contribution in [0, 0.1) is 18.3 Å². The van der Waals surface area contributed by atoms with Crippen molar-refractivity contribution in [2.24, 2.45) is 5.14 Å². The van der Waals surface area contributed by atoms with Crippen molar-refractivity contribution in [3.63, 3.8) is 0 Å². The molecule has 2 aromatic carbocycles. The van der Waals surface area contributed by atoms with Crippen LogP contribution in [-0.2, 0) is 10.0 Å². The van der Waals surface area contributed by atoms with Crippen molar-refractivity contribution in [1.82, 2.24) is 4.90 Å². The zero-order valence-corrected chi connectivity index (χ0v) is 19.7. The Balaban J connectivity index is 1.40. The number of piperidine rings is 2. The number of amides is 1. The number of likely N-dealkylation sites (tertiary alicyclic amines) is 1. The molecule has 7 nitrogen and oxygen atoms in total. The van der Waals surface area contributed by atoms with E-state index in [-0.39, 0.29) is 5.91 Å². The van der Waals surface area contributed by atoms with Crippen LogP contribution in [0.15, 0.2) is 42.5 Å². The van der Waals surface area contributed by atoms with Gasteiger partial charge < -0.3 is 9.80 Å². The maximum atomic E-state index is 13.2. The minimum Gasteiger partial charge on any atom is -0.371 e. The Hall–Kier alpha value is -2.89. The minimum atomic E-state index is -3.51. The fourth-order valence-corrected chi connectivity index (χ4v) is 5.80. The molecule has 0 bridgehead atoms. The Bertz CT molecular complexity index is 1160. The highest BCUT2D eigenvalue weighted by Crippen LogP contribution is 2.31. The first-order valence-corrected chi connectivity index (χ1v) is 13.0. The minimum absolute atomic E-state index is 0.0361. The second kappa shape index (κ2) is 9.54. The normalized spacial score (nSPS) is 18.2. The van der Waals surface area contributed by atoms with Crippen LogP contribution in [0.1, 0.15) is 58.6 Å². The number of carbonyl (C=O) groups excluding carboxylic acids is 1. The van der Waals surface area contributed by atoms with Crippen molar-refractivity contribution in [3.8, 4) is 6.07 Å². The van der Waals surface area contributed by atoms with Gasteiger partial charge in [0.15, 0.2) is 0 Å². The Kier molecular flexibility index (Phi) is 6.73. The smallest absolute Gasteiger partial charge is 0.253 e. The van der Waals surface area contributed by atoms with Gasteiger partial charge in [0.1, 0.15) is 0 Å². The summed E-state index contributed by atoms with van der Waals surface area (Å²) in [4.78, 5) is 17.3. The maximum absolute atomic E-state index is 13.2. The molecule has 1 amide bonds. The van der Waals surface area contributed by atoms with E-state index in [4.69, 9.17) is 10.4 Å². The number of aryl methyl sites for hydroxylation is 1. The SMILES string of the molecule is Cc1ccc(C(=O)N2CCC(c3ccc(C#N)cc3)CC2)cc1N1CCC(S(N)(=O)=O)CC1. The first-order chi connectivity index (χ1) is 15.8. The van der Waals surface area contributed by atoms with Gasteiger partial charge in [-0.3, -0.25) is 4.79 Å². The summed E-state index contributed by atoms with van der Waals surface area (Å²) in [5, 5.41) is 13.8. The largest absolute Gasteiger partial charge is 0.371 e. The van der Waals surface area contributed by atoms with Crippen LogP contribution in [0.2, 0.25) is 0 Å². The van der Waals surface area contributed by atoms with Gasteiger partial charge in [0.05, 0.1) is 16.9 Å². The zero-order valence-electron chi connectivity index (χ0n) is 18.9. The second-order valence-corrected chi connectivity index (χ2v) is 10.9. The van der Waals surface area contributed by atoms with Gasteiger partial charge in [0.25, 0.3) is 5.91 Å². The summed E-state index contributed by atoms with van der Waals surface area (Å²) in [6.45, 7) is 4.63. The first kappa shape index (κ1) is 23.3. The number of hydrogen-bond donors (Lipinski definition) is 1. The zero-order chi connectivity index (χ0) is 23.6. The molecule has 0 atom stereocenters. The van der Waals surface area contributed by atoms with Crippen LogP contribution in [0.4, 0.5) is 5.69 Å². The lowest BCUT2D eigenvalue weighted by Crippen LogP contribution is -2.42. The molecule has 33 heavy (non-hydrogen) atoms. The second-order valence-electron chi connectivity index (χ2n) is 9.08. The van der Waals surface area contributed by atoms with Crippen LogP contribution in [-0.4, -0.2) is 50.7 Å². The highest BCUT2D eigenvalue weighted by atomic mass is 32.2. The number of primary sulfonamides is 1. The van der Waals surface area contributed by atoms with Gasteiger partial charge in [-0.25, -0.2) is 13.6 Å². The van der Waals surface area contributed by atoms with E-state index in [1.165, 1.54) is 5.56 Å². The van der Waals surface area contributed by atoms with Crippen LogP contribution < -0.4 is 10.0 Å². The summed E-state index contributed by atoms with van der Waals surface area (Å²) in [6, 6.07) is 15.7. The molecular weight excluding hydrogens is 436 g/mol. The number of nitrogens with two attached hydrogens (primary N) is 1. The predicted molar refractivity (Wildman–Crippen MR) is 129 cm³/mol. The third kappa shape index (κ3) is 5.21. The lowest BCUT2D eigenvalue weighted by molar-refractivity contribution is 0.0713. The Morgan fingerprint density at radius 3 is 2.21 bits per heavy atom. The Morgan fingerprint density at radius 2 is 1.64 bits per heavy atom. The summed E-state index contributed by atoms with van der Waals surface area (Å²) in [7, 11) is -3.51. The molecule has 2 fully saturated rings. The van der Waals surface area contributed by atoms with Gasteiger partial charge in [0.2, 0.25) is 10.0 Å². The molecule has 2 N–H and O–H groups in total. The third-order valence-corrected chi connectivity index (χ3v) is 8.40. The Morgan fingerprint density at radius 1 is 1.00 bits per heavy atom. The number of anilines is 1. The summed E-state index contributed by atoms with van der Waals surface area (Å²) in [6.07, 6.45) is 2.80. The van der Waals surface area contributed by atoms with Gasteiger partial charge >= 0.3 is 0 Å². The number of nitriles is 1.